The van der Waals surface area contributed by atoms with Crippen LogP contribution in [0.5, 0.6) is 0 Å². The molecule has 0 unspecified atom stereocenters. The van der Waals surface area contributed by atoms with Crippen LogP contribution in [0.2, 0.25) is 10.0 Å². The smallest absolute Gasteiger partial charge is 0.207 e. The van der Waals surface area contributed by atoms with Crippen molar-refractivity contribution in [3.8, 4) is 11.4 Å². The molecule has 25 heavy (non-hydrogen) atoms. The van der Waals surface area contributed by atoms with Gasteiger partial charge in [-0.2, -0.15) is 9.61 Å². The lowest BCUT2D eigenvalue weighted by Crippen LogP contribution is -1.91. The van der Waals surface area contributed by atoms with Crippen molar-refractivity contribution in [3.63, 3.8) is 0 Å². The minimum Gasteiger partial charge on any atom is -0.207 e. The zero-order valence-corrected chi connectivity index (χ0v) is 14.9. The quantitative estimate of drug-likeness (QED) is 0.465. The van der Waals surface area contributed by atoms with Gasteiger partial charge in [0.05, 0.1) is 5.02 Å². The van der Waals surface area contributed by atoms with Gasteiger partial charge in [-0.25, -0.2) is 4.39 Å². The Morgan fingerprint density at radius 1 is 1.00 bits per heavy atom. The highest BCUT2D eigenvalue weighted by Gasteiger charge is 2.15. The molecule has 0 saturated carbocycles. The predicted molar refractivity (Wildman–Crippen MR) is 99.4 cm³/mol. The van der Waals surface area contributed by atoms with Crippen LogP contribution in [0, 0.1) is 5.82 Å². The summed E-state index contributed by atoms with van der Waals surface area (Å²) in [6.45, 7) is 0. The van der Waals surface area contributed by atoms with Gasteiger partial charge < -0.3 is 0 Å². The third kappa shape index (κ3) is 3.28. The average Bonchev–Trinajstić information content (AvgIpc) is 3.15. The van der Waals surface area contributed by atoms with E-state index in [-0.39, 0.29) is 5.82 Å². The first kappa shape index (κ1) is 16.2. The molecule has 8 heteroatoms. The van der Waals surface area contributed by atoms with Gasteiger partial charge in [0.2, 0.25) is 4.96 Å². The Labute approximate surface area is 156 Å². The molecule has 124 valence electrons. The Kier molecular flexibility index (Phi) is 4.25. The first-order valence-corrected chi connectivity index (χ1v) is 8.79. The van der Waals surface area contributed by atoms with E-state index < -0.39 is 0 Å². The van der Waals surface area contributed by atoms with E-state index in [1.165, 1.54) is 23.5 Å². The van der Waals surface area contributed by atoms with Crippen LogP contribution in [0.25, 0.3) is 28.5 Å². The standard InChI is InChI=1S/C17H9Cl2FN4S/c18-11-4-7-13(14(19)9-11)16-21-22-17-24(16)23-15(25-17)8-3-10-1-5-12(20)6-2-10/h1-9H. The van der Waals surface area contributed by atoms with E-state index in [0.29, 0.717) is 26.4 Å². The van der Waals surface area contributed by atoms with Crippen molar-refractivity contribution in [3.05, 3.63) is 68.9 Å². The van der Waals surface area contributed by atoms with Gasteiger partial charge in [0, 0.05) is 10.6 Å². The lowest BCUT2D eigenvalue weighted by molar-refractivity contribution is 0.628. The summed E-state index contributed by atoms with van der Waals surface area (Å²) >= 11 is 13.6. The average molecular weight is 391 g/mol. The monoisotopic (exact) mass is 390 g/mol. The third-order valence-electron chi connectivity index (χ3n) is 3.47. The minimum atomic E-state index is -0.263. The molecule has 0 amide bonds. The summed E-state index contributed by atoms with van der Waals surface area (Å²) in [6, 6.07) is 11.4. The van der Waals surface area contributed by atoms with Crippen LogP contribution in [0.15, 0.2) is 42.5 Å². The Bertz CT molecular complexity index is 1090. The van der Waals surface area contributed by atoms with E-state index in [0.717, 1.165) is 10.6 Å². The van der Waals surface area contributed by atoms with Crippen molar-refractivity contribution in [1.29, 1.82) is 0 Å². The molecular formula is C17H9Cl2FN4S. The molecule has 4 aromatic rings. The van der Waals surface area contributed by atoms with E-state index in [1.807, 2.05) is 12.2 Å². The minimum absolute atomic E-state index is 0.263. The Morgan fingerprint density at radius 3 is 2.56 bits per heavy atom. The molecule has 0 atom stereocenters. The largest absolute Gasteiger partial charge is 0.235 e. The highest BCUT2D eigenvalue weighted by Crippen LogP contribution is 2.30. The Hall–Kier alpha value is -2.28. The van der Waals surface area contributed by atoms with Gasteiger partial charge in [-0.1, -0.05) is 52.7 Å². The molecule has 0 N–H and O–H groups in total. The number of benzene rings is 2. The van der Waals surface area contributed by atoms with E-state index in [4.69, 9.17) is 23.2 Å². The van der Waals surface area contributed by atoms with Crippen LogP contribution in [0.3, 0.4) is 0 Å². The van der Waals surface area contributed by atoms with E-state index in [2.05, 4.69) is 15.3 Å². The second-order valence-corrected chi connectivity index (χ2v) is 7.00. The molecule has 2 aromatic carbocycles. The zero-order chi connectivity index (χ0) is 17.4. The summed E-state index contributed by atoms with van der Waals surface area (Å²) in [5.74, 6) is 0.287. The lowest BCUT2D eigenvalue weighted by atomic mass is 10.2. The molecule has 4 nitrogen and oxygen atoms in total. The summed E-state index contributed by atoms with van der Waals surface area (Å²) in [4.78, 5) is 0.653. The predicted octanol–water partition coefficient (Wildman–Crippen LogP) is 5.47. The van der Waals surface area contributed by atoms with E-state index >= 15 is 0 Å². The first-order valence-electron chi connectivity index (χ1n) is 7.21. The molecule has 0 aliphatic heterocycles. The number of hydrogen-bond donors (Lipinski definition) is 0. The number of rotatable bonds is 3. The third-order valence-corrected chi connectivity index (χ3v) is 4.88. The molecular weight excluding hydrogens is 382 g/mol. The molecule has 0 aliphatic rings. The topological polar surface area (TPSA) is 43.1 Å². The fourth-order valence-electron chi connectivity index (χ4n) is 2.28. The summed E-state index contributed by atoms with van der Waals surface area (Å²) < 4.78 is 14.6. The lowest BCUT2D eigenvalue weighted by Gasteiger charge is -2.00. The summed E-state index contributed by atoms with van der Waals surface area (Å²) in [7, 11) is 0. The fourth-order valence-corrected chi connectivity index (χ4v) is 3.51. The van der Waals surface area contributed by atoms with E-state index in [9.17, 15) is 4.39 Å². The van der Waals surface area contributed by atoms with Gasteiger partial charge in [0.25, 0.3) is 0 Å². The SMILES string of the molecule is Fc1ccc(C=Cc2nn3c(-c4ccc(Cl)cc4Cl)nnc3s2)cc1. The van der Waals surface area contributed by atoms with Crippen molar-refractivity contribution in [1.82, 2.24) is 19.8 Å². The molecule has 2 heterocycles. The zero-order valence-electron chi connectivity index (χ0n) is 12.5. The number of hydrogen-bond acceptors (Lipinski definition) is 4. The van der Waals surface area contributed by atoms with E-state index in [1.54, 1.807) is 34.8 Å². The molecule has 4 rings (SSSR count). The molecule has 0 aliphatic carbocycles. The normalized spacial score (nSPS) is 11.6. The maximum absolute atomic E-state index is 12.9. The van der Waals surface area contributed by atoms with Gasteiger partial charge in [-0.05, 0) is 42.0 Å². The molecule has 0 radical (unpaired) electrons. The highest BCUT2D eigenvalue weighted by molar-refractivity contribution is 7.17. The van der Waals surface area contributed by atoms with Gasteiger partial charge >= 0.3 is 0 Å². The second kappa shape index (κ2) is 6.55. The number of aromatic nitrogens is 4. The second-order valence-electron chi connectivity index (χ2n) is 5.17. The molecule has 0 fully saturated rings. The highest BCUT2D eigenvalue weighted by atomic mass is 35.5. The van der Waals surface area contributed by atoms with Crippen LogP contribution in [-0.2, 0) is 0 Å². The fraction of sp³-hybridized carbons (Fsp3) is 0. The van der Waals surface area contributed by atoms with Gasteiger partial charge in [0.1, 0.15) is 10.8 Å². The van der Waals surface area contributed by atoms with Gasteiger partial charge in [-0.3, -0.25) is 0 Å². The van der Waals surface area contributed by atoms with Gasteiger partial charge in [-0.15, -0.1) is 10.2 Å². The number of halogens is 3. The van der Waals surface area contributed by atoms with Crippen LogP contribution in [0.1, 0.15) is 10.6 Å². The number of fused-ring (bicyclic) bond motifs is 1. The van der Waals surface area contributed by atoms with Crippen molar-refractivity contribution in [2.45, 2.75) is 0 Å². The van der Waals surface area contributed by atoms with Crippen molar-refractivity contribution < 1.29 is 4.39 Å². The summed E-state index contributed by atoms with van der Waals surface area (Å²) in [5, 5.41) is 14.6. The first-order chi connectivity index (χ1) is 12.1. The molecule has 2 aromatic heterocycles. The Morgan fingerprint density at radius 2 is 1.80 bits per heavy atom. The van der Waals surface area contributed by atoms with Crippen molar-refractivity contribution in [2.75, 3.05) is 0 Å². The molecule has 0 bridgehead atoms. The van der Waals surface area contributed by atoms with Crippen LogP contribution < -0.4 is 0 Å². The van der Waals surface area contributed by atoms with Gasteiger partial charge in [0.15, 0.2) is 5.82 Å². The Balaban J connectivity index is 1.69. The van der Waals surface area contributed by atoms with Crippen LogP contribution in [0.4, 0.5) is 4.39 Å². The molecule has 0 spiro atoms. The summed E-state index contributed by atoms with van der Waals surface area (Å²) in [6.07, 6.45) is 3.71. The maximum Gasteiger partial charge on any atom is 0.235 e. The molecule has 0 saturated heterocycles. The summed E-state index contributed by atoms with van der Waals surface area (Å²) in [5.41, 5.74) is 1.59. The maximum atomic E-state index is 12.9. The van der Waals surface area contributed by atoms with Crippen LogP contribution in [-0.4, -0.2) is 19.8 Å². The van der Waals surface area contributed by atoms with Crippen molar-refractivity contribution in [2.24, 2.45) is 0 Å². The van der Waals surface area contributed by atoms with Crippen molar-refractivity contribution >= 4 is 51.7 Å². The van der Waals surface area contributed by atoms with Crippen LogP contribution >= 0.6 is 34.5 Å². The number of nitrogens with zero attached hydrogens (tertiary/aromatic N) is 4.